The second kappa shape index (κ2) is 10.3. The topological polar surface area (TPSA) is 89.9 Å². The first-order valence-electron chi connectivity index (χ1n) is 9.49. The zero-order chi connectivity index (χ0) is 18.9. The van der Waals surface area contributed by atoms with Crippen molar-refractivity contribution >= 4 is 11.9 Å². The number of aliphatic hydroxyl groups excluding tert-OH is 1. The third-order valence-corrected chi connectivity index (χ3v) is 5.14. The van der Waals surface area contributed by atoms with Gasteiger partial charge in [0.15, 0.2) is 0 Å². The van der Waals surface area contributed by atoms with E-state index in [1.165, 1.54) is 26.2 Å². The highest BCUT2D eigenvalue weighted by molar-refractivity contribution is 5.87. The summed E-state index contributed by atoms with van der Waals surface area (Å²) in [6.45, 7) is 2.58. The molecule has 1 fully saturated rings. The molecule has 1 aromatic carbocycles. The molecule has 0 spiro atoms. The number of carbonyl (C=O) groups is 2. The van der Waals surface area contributed by atoms with E-state index in [1.807, 2.05) is 0 Å². The Labute approximate surface area is 155 Å². The number of aromatic carboxylic acids is 1. The molecule has 26 heavy (non-hydrogen) atoms. The lowest BCUT2D eigenvalue weighted by Gasteiger charge is -2.28. The van der Waals surface area contributed by atoms with Crippen molar-refractivity contribution in [1.82, 2.24) is 10.4 Å². The molecule has 3 N–H and O–H groups in total. The highest BCUT2D eigenvalue weighted by Crippen LogP contribution is 2.27. The summed E-state index contributed by atoms with van der Waals surface area (Å²) in [6.07, 6.45) is 6.85. The molecule has 0 saturated heterocycles. The maximum absolute atomic E-state index is 11.8. The molecule has 2 rings (SSSR count). The Morgan fingerprint density at radius 1 is 1.19 bits per heavy atom. The zero-order valence-electron chi connectivity index (χ0n) is 15.5. The van der Waals surface area contributed by atoms with Crippen LogP contribution in [0.15, 0.2) is 24.3 Å². The van der Waals surface area contributed by atoms with Gasteiger partial charge in [0.1, 0.15) is 0 Å². The fourth-order valence-electron chi connectivity index (χ4n) is 3.50. The monoisotopic (exact) mass is 362 g/mol. The molecular formula is C20H30N2O4. The van der Waals surface area contributed by atoms with E-state index in [0.717, 1.165) is 18.4 Å². The summed E-state index contributed by atoms with van der Waals surface area (Å²) in [5.74, 6) is -0.622. The molecular weight excluding hydrogens is 332 g/mol. The van der Waals surface area contributed by atoms with Gasteiger partial charge in [0.05, 0.1) is 11.7 Å². The van der Waals surface area contributed by atoms with Crippen LogP contribution in [0, 0.1) is 5.92 Å². The van der Waals surface area contributed by atoms with Crippen molar-refractivity contribution in [3.05, 3.63) is 35.4 Å². The smallest absolute Gasteiger partial charge is 0.335 e. The van der Waals surface area contributed by atoms with Gasteiger partial charge in [0.25, 0.3) is 0 Å². The third-order valence-electron chi connectivity index (χ3n) is 5.14. The van der Waals surface area contributed by atoms with Gasteiger partial charge in [-0.1, -0.05) is 31.4 Å². The number of benzene rings is 1. The van der Waals surface area contributed by atoms with E-state index < -0.39 is 5.97 Å². The SMILES string of the molecule is CC(=O)N(CCc1ccc(C(=O)O)cc1)NCCC(O)C1CCCCC1. The van der Waals surface area contributed by atoms with Gasteiger partial charge in [-0.05, 0) is 49.3 Å². The number of hydrogen-bond acceptors (Lipinski definition) is 4. The van der Waals surface area contributed by atoms with Gasteiger partial charge in [-0.2, -0.15) is 0 Å². The van der Waals surface area contributed by atoms with Crippen LogP contribution in [0.4, 0.5) is 0 Å². The first-order chi connectivity index (χ1) is 12.5. The fourth-order valence-corrected chi connectivity index (χ4v) is 3.50. The van der Waals surface area contributed by atoms with Crippen LogP contribution in [0.5, 0.6) is 0 Å². The molecule has 0 radical (unpaired) electrons. The average Bonchev–Trinajstić information content (AvgIpc) is 2.65. The van der Waals surface area contributed by atoms with Crippen LogP contribution in [-0.4, -0.2) is 46.3 Å². The molecule has 0 aliphatic heterocycles. The standard InChI is InChI=1S/C20H30N2O4/c1-15(23)22(14-12-16-7-9-18(10-8-16)20(25)26)21-13-11-19(24)17-5-3-2-4-6-17/h7-10,17,19,21,24H,2-6,11-14H2,1H3,(H,25,26). The molecule has 1 saturated carbocycles. The van der Waals surface area contributed by atoms with Gasteiger partial charge >= 0.3 is 5.97 Å². The number of hydrazine groups is 1. The van der Waals surface area contributed by atoms with Crippen molar-refractivity contribution in [1.29, 1.82) is 0 Å². The van der Waals surface area contributed by atoms with E-state index in [4.69, 9.17) is 5.11 Å². The van der Waals surface area contributed by atoms with Crippen molar-refractivity contribution in [3.63, 3.8) is 0 Å². The first kappa shape index (κ1) is 20.4. The predicted octanol–water partition coefficient (Wildman–Crippen LogP) is 2.61. The molecule has 0 aromatic heterocycles. The number of nitrogens with one attached hydrogen (secondary N) is 1. The van der Waals surface area contributed by atoms with Crippen LogP contribution in [0.1, 0.15) is 61.4 Å². The van der Waals surface area contributed by atoms with Crippen LogP contribution < -0.4 is 5.43 Å². The lowest BCUT2D eigenvalue weighted by atomic mass is 9.84. The highest BCUT2D eigenvalue weighted by Gasteiger charge is 2.21. The normalized spacial score (nSPS) is 16.2. The largest absolute Gasteiger partial charge is 0.478 e. The van der Waals surface area contributed by atoms with Gasteiger partial charge < -0.3 is 10.2 Å². The van der Waals surface area contributed by atoms with Crippen LogP contribution in [-0.2, 0) is 11.2 Å². The van der Waals surface area contributed by atoms with Crippen LogP contribution in [0.25, 0.3) is 0 Å². The van der Waals surface area contributed by atoms with Crippen molar-refractivity contribution in [2.75, 3.05) is 13.1 Å². The van der Waals surface area contributed by atoms with Gasteiger partial charge in [-0.15, -0.1) is 0 Å². The number of hydrogen-bond donors (Lipinski definition) is 3. The molecule has 6 nitrogen and oxygen atoms in total. The minimum atomic E-state index is -0.944. The number of amides is 1. The first-order valence-corrected chi connectivity index (χ1v) is 9.49. The summed E-state index contributed by atoms with van der Waals surface area (Å²) in [6, 6.07) is 6.69. The van der Waals surface area contributed by atoms with Gasteiger partial charge in [0.2, 0.25) is 5.91 Å². The van der Waals surface area contributed by atoms with Gasteiger partial charge in [0, 0.05) is 20.0 Å². The molecule has 1 atom stereocenters. The number of carboxylic acid groups (broad SMARTS) is 1. The second-order valence-corrected chi connectivity index (χ2v) is 7.08. The Hall–Kier alpha value is -1.92. The number of rotatable bonds is 9. The Morgan fingerprint density at radius 2 is 1.85 bits per heavy atom. The second-order valence-electron chi connectivity index (χ2n) is 7.08. The maximum Gasteiger partial charge on any atom is 0.335 e. The number of nitrogens with zero attached hydrogens (tertiary/aromatic N) is 1. The molecule has 1 unspecified atom stereocenters. The van der Waals surface area contributed by atoms with E-state index in [2.05, 4.69) is 5.43 Å². The Morgan fingerprint density at radius 3 is 2.42 bits per heavy atom. The summed E-state index contributed by atoms with van der Waals surface area (Å²) in [5, 5.41) is 20.8. The lowest BCUT2D eigenvalue weighted by molar-refractivity contribution is -0.132. The van der Waals surface area contributed by atoms with Crippen molar-refractivity contribution < 1.29 is 19.8 Å². The molecule has 144 valence electrons. The molecule has 0 heterocycles. The molecule has 1 aliphatic carbocycles. The highest BCUT2D eigenvalue weighted by atomic mass is 16.4. The minimum Gasteiger partial charge on any atom is -0.478 e. The van der Waals surface area contributed by atoms with E-state index >= 15 is 0 Å². The molecule has 1 amide bonds. The maximum atomic E-state index is 11.8. The minimum absolute atomic E-state index is 0.0701. The predicted molar refractivity (Wildman–Crippen MR) is 99.7 cm³/mol. The van der Waals surface area contributed by atoms with Gasteiger partial charge in [-0.3, -0.25) is 9.80 Å². The van der Waals surface area contributed by atoms with Crippen LogP contribution >= 0.6 is 0 Å². The average molecular weight is 362 g/mol. The molecule has 1 aliphatic rings. The summed E-state index contributed by atoms with van der Waals surface area (Å²) < 4.78 is 0. The fraction of sp³-hybridized carbons (Fsp3) is 0.600. The lowest BCUT2D eigenvalue weighted by Crippen LogP contribution is -2.44. The van der Waals surface area contributed by atoms with Crippen molar-refractivity contribution in [2.45, 2.75) is 58.0 Å². The Bertz CT molecular complexity index is 582. The number of carboxylic acids is 1. The van der Waals surface area contributed by atoms with E-state index in [-0.39, 0.29) is 17.6 Å². The quantitative estimate of drug-likeness (QED) is 0.588. The third kappa shape index (κ3) is 6.42. The van der Waals surface area contributed by atoms with Crippen molar-refractivity contribution in [2.24, 2.45) is 5.92 Å². The summed E-state index contributed by atoms with van der Waals surface area (Å²) >= 11 is 0. The molecule has 1 aromatic rings. The summed E-state index contributed by atoms with van der Waals surface area (Å²) in [7, 11) is 0. The Balaban J connectivity index is 1.75. The van der Waals surface area contributed by atoms with E-state index in [0.29, 0.717) is 31.8 Å². The molecule has 0 bridgehead atoms. The molecule has 6 heteroatoms. The van der Waals surface area contributed by atoms with Crippen LogP contribution in [0.2, 0.25) is 0 Å². The number of carbonyl (C=O) groups excluding carboxylic acids is 1. The van der Waals surface area contributed by atoms with Crippen LogP contribution in [0.3, 0.4) is 0 Å². The summed E-state index contributed by atoms with van der Waals surface area (Å²) in [4.78, 5) is 22.7. The van der Waals surface area contributed by atoms with Crippen molar-refractivity contribution in [3.8, 4) is 0 Å². The summed E-state index contributed by atoms with van der Waals surface area (Å²) in [5.41, 5.74) is 4.35. The zero-order valence-corrected chi connectivity index (χ0v) is 15.5. The Kier molecular flexibility index (Phi) is 8.06. The van der Waals surface area contributed by atoms with E-state index in [9.17, 15) is 14.7 Å². The van der Waals surface area contributed by atoms with Gasteiger partial charge in [-0.25, -0.2) is 10.2 Å². The number of aliphatic hydroxyl groups is 1. The van der Waals surface area contributed by atoms with E-state index in [1.54, 1.807) is 29.3 Å².